The Kier molecular flexibility index (Phi) is 6.24. The molecule has 1 aliphatic carbocycles. The molecule has 1 amide bonds. The quantitative estimate of drug-likeness (QED) is 0.811. The SMILES string of the molecule is CC(OC1CCCCCC1)C(=O)N1CCC[C@H](C(=O)O)[C@@H]1C. The summed E-state index contributed by atoms with van der Waals surface area (Å²) in [7, 11) is 0. The van der Waals surface area contributed by atoms with Crippen molar-refractivity contribution in [3.8, 4) is 0 Å². The Bertz CT molecular complexity index is 390. The summed E-state index contributed by atoms with van der Waals surface area (Å²) in [4.78, 5) is 25.6. The fourth-order valence-corrected chi connectivity index (χ4v) is 3.74. The lowest BCUT2D eigenvalue weighted by Gasteiger charge is -2.39. The van der Waals surface area contributed by atoms with E-state index >= 15 is 0 Å². The van der Waals surface area contributed by atoms with E-state index in [1.165, 1.54) is 25.7 Å². The molecule has 1 aliphatic heterocycles. The molecular formula is C17H29NO4. The molecule has 0 radical (unpaired) electrons. The molecule has 126 valence electrons. The summed E-state index contributed by atoms with van der Waals surface area (Å²) < 4.78 is 5.99. The molecule has 22 heavy (non-hydrogen) atoms. The molecule has 0 aromatic heterocycles. The first-order valence-electron chi connectivity index (χ1n) is 8.69. The third-order valence-electron chi connectivity index (χ3n) is 5.13. The van der Waals surface area contributed by atoms with E-state index in [0.29, 0.717) is 13.0 Å². The molecular weight excluding hydrogens is 282 g/mol. The molecule has 1 saturated carbocycles. The molecule has 1 unspecified atom stereocenters. The van der Waals surface area contributed by atoms with Crippen LogP contribution in [-0.2, 0) is 14.3 Å². The van der Waals surface area contributed by atoms with E-state index in [0.717, 1.165) is 19.3 Å². The van der Waals surface area contributed by atoms with Crippen molar-refractivity contribution in [1.29, 1.82) is 0 Å². The van der Waals surface area contributed by atoms with Crippen LogP contribution >= 0.6 is 0 Å². The van der Waals surface area contributed by atoms with Gasteiger partial charge in [0.1, 0.15) is 6.10 Å². The zero-order valence-corrected chi connectivity index (χ0v) is 13.8. The Labute approximate surface area is 133 Å². The highest BCUT2D eigenvalue weighted by molar-refractivity contribution is 5.82. The van der Waals surface area contributed by atoms with Crippen molar-refractivity contribution in [2.45, 2.75) is 83.5 Å². The van der Waals surface area contributed by atoms with Gasteiger partial charge in [0.05, 0.1) is 12.0 Å². The van der Waals surface area contributed by atoms with Crippen molar-refractivity contribution in [3.63, 3.8) is 0 Å². The summed E-state index contributed by atoms with van der Waals surface area (Å²) in [6.07, 6.45) is 8.03. The number of likely N-dealkylation sites (tertiary alicyclic amines) is 1. The zero-order valence-electron chi connectivity index (χ0n) is 13.8. The molecule has 1 heterocycles. The number of hydrogen-bond donors (Lipinski definition) is 1. The van der Waals surface area contributed by atoms with E-state index in [1.807, 2.05) is 13.8 Å². The number of carboxylic acids is 1. The minimum absolute atomic E-state index is 0.0531. The number of ether oxygens (including phenoxy) is 1. The summed E-state index contributed by atoms with van der Waals surface area (Å²) in [5.41, 5.74) is 0. The van der Waals surface area contributed by atoms with Gasteiger partial charge < -0.3 is 14.7 Å². The van der Waals surface area contributed by atoms with Gasteiger partial charge in [0, 0.05) is 12.6 Å². The second-order valence-corrected chi connectivity index (χ2v) is 6.75. The number of carbonyl (C=O) groups is 2. The smallest absolute Gasteiger partial charge is 0.308 e. The van der Waals surface area contributed by atoms with Crippen LogP contribution in [0.2, 0.25) is 0 Å². The number of rotatable bonds is 4. The minimum atomic E-state index is -0.803. The van der Waals surface area contributed by atoms with Crippen LogP contribution in [0.5, 0.6) is 0 Å². The normalized spacial score (nSPS) is 28.9. The van der Waals surface area contributed by atoms with Gasteiger partial charge in [-0.15, -0.1) is 0 Å². The predicted octanol–water partition coefficient (Wildman–Crippen LogP) is 2.83. The maximum Gasteiger partial charge on any atom is 0.308 e. The van der Waals surface area contributed by atoms with Crippen LogP contribution in [0.25, 0.3) is 0 Å². The lowest BCUT2D eigenvalue weighted by Crippen LogP contribution is -2.52. The van der Waals surface area contributed by atoms with Crippen LogP contribution in [0.1, 0.15) is 65.2 Å². The monoisotopic (exact) mass is 311 g/mol. The number of amides is 1. The van der Waals surface area contributed by atoms with Crippen molar-refractivity contribution in [2.75, 3.05) is 6.54 Å². The maximum absolute atomic E-state index is 12.6. The summed E-state index contributed by atoms with van der Waals surface area (Å²) in [6.45, 7) is 4.29. The van der Waals surface area contributed by atoms with Gasteiger partial charge in [-0.25, -0.2) is 0 Å². The number of carbonyl (C=O) groups excluding carboxylic acids is 1. The first kappa shape index (κ1) is 17.3. The van der Waals surface area contributed by atoms with E-state index in [-0.39, 0.29) is 18.1 Å². The van der Waals surface area contributed by atoms with Crippen LogP contribution in [0.3, 0.4) is 0 Å². The molecule has 0 bridgehead atoms. The van der Waals surface area contributed by atoms with E-state index < -0.39 is 18.0 Å². The summed E-state index contributed by atoms with van der Waals surface area (Å²) in [5, 5.41) is 9.27. The number of piperidine rings is 1. The van der Waals surface area contributed by atoms with Gasteiger partial charge in [0.25, 0.3) is 5.91 Å². The van der Waals surface area contributed by atoms with Gasteiger partial charge in [0.2, 0.25) is 0 Å². The van der Waals surface area contributed by atoms with Gasteiger partial charge in [-0.1, -0.05) is 25.7 Å². The highest BCUT2D eigenvalue weighted by Crippen LogP contribution is 2.26. The second-order valence-electron chi connectivity index (χ2n) is 6.75. The molecule has 1 saturated heterocycles. The molecule has 5 heteroatoms. The minimum Gasteiger partial charge on any atom is -0.481 e. The van der Waals surface area contributed by atoms with Crippen LogP contribution in [-0.4, -0.2) is 46.7 Å². The van der Waals surface area contributed by atoms with Crippen molar-refractivity contribution < 1.29 is 19.4 Å². The Balaban J connectivity index is 1.92. The number of aliphatic carboxylic acids is 1. The largest absolute Gasteiger partial charge is 0.481 e. The van der Waals surface area contributed by atoms with Gasteiger partial charge in [-0.2, -0.15) is 0 Å². The first-order valence-corrected chi connectivity index (χ1v) is 8.69. The molecule has 0 spiro atoms. The van der Waals surface area contributed by atoms with E-state index in [2.05, 4.69) is 0 Å². The number of carboxylic acid groups (broad SMARTS) is 1. The fraction of sp³-hybridized carbons (Fsp3) is 0.882. The van der Waals surface area contributed by atoms with Crippen molar-refractivity contribution in [1.82, 2.24) is 4.90 Å². The lowest BCUT2D eigenvalue weighted by molar-refractivity contribution is -0.156. The summed E-state index contributed by atoms with van der Waals surface area (Å²) in [5.74, 6) is -1.31. The van der Waals surface area contributed by atoms with Crippen LogP contribution < -0.4 is 0 Å². The molecule has 0 aromatic carbocycles. The van der Waals surface area contributed by atoms with Crippen molar-refractivity contribution in [3.05, 3.63) is 0 Å². The van der Waals surface area contributed by atoms with Gasteiger partial charge in [0.15, 0.2) is 0 Å². The van der Waals surface area contributed by atoms with Gasteiger partial charge in [-0.3, -0.25) is 9.59 Å². The molecule has 5 nitrogen and oxygen atoms in total. The molecule has 0 aromatic rings. The number of hydrogen-bond acceptors (Lipinski definition) is 3. The number of nitrogens with zero attached hydrogens (tertiary/aromatic N) is 1. The van der Waals surface area contributed by atoms with Crippen molar-refractivity contribution in [2.24, 2.45) is 5.92 Å². The topological polar surface area (TPSA) is 66.8 Å². The highest BCUT2D eigenvalue weighted by atomic mass is 16.5. The molecule has 3 atom stereocenters. The predicted molar refractivity (Wildman–Crippen MR) is 83.6 cm³/mol. The molecule has 2 fully saturated rings. The third-order valence-corrected chi connectivity index (χ3v) is 5.13. The zero-order chi connectivity index (χ0) is 16.1. The lowest BCUT2D eigenvalue weighted by atomic mass is 9.90. The van der Waals surface area contributed by atoms with Crippen LogP contribution in [0.15, 0.2) is 0 Å². The molecule has 2 rings (SSSR count). The Morgan fingerprint density at radius 3 is 2.32 bits per heavy atom. The van der Waals surface area contributed by atoms with E-state index in [4.69, 9.17) is 4.74 Å². The summed E-state index contributed by atoms with van der Waals surface area (Å²) in [6, 6.07) is -0.251. The van der Waals surface area contributed by atoms with Gasteiger partial charge >= 0.3 is 5.97 Å². The van der Waals surface area contributed by atoms with Crippen molar-refractivity contribution >= 4 is 11.9 Å². The average molecular weight is 311 g/mol. The Morgan fingerprint density at radius 1 is 1.09 bits per heavy atom. The van der Waals surface area contributed by atoms with E-state index in [9.17, 15) is 14.7 Å². The summed E-state index contributed by atoms with van der Waals surface area (Å²) >= 11 is 0. The molecule has 2 aliphatic rings. The highest BCUT2D eigenvalue weighted by Gasteiger charge is 2.37. The van der Waals surface area contributed by atoms with Crippen LogP contribution in [0.4, 0.5) is 0 Å². The maximum atomic E-state index is 12.6. The molecule has 1 N–H and O–H groups in total. The average Bonchev–Trinajstić information content (AvgIpc) is 2.75. The second kappa shape index (κ2) is 7.95. The van der Waals surface area contributed by atoms with Crippen LogP contribution in [0, 0.1) is 5.92 Å². The first-order chi connectivity index (χ1) is 10.5. The van der Waals surface area contributed by atoms with E-state index in [1.54, 1.807) is 4.90 Å². The standard InChI is InChI=1S/C17H29NO4/c1-12-15(17(20)21)10-7-11-18(12)16(19)13(2)22-14-8-5-3-4-6-9-14/h12-15H,3-11H2,1-2H3,(H,20,21)/t12-,13?,15-/m0/s1. The Hall–Kier alpha value is -1.10. The fourth-order valence-electron chi connectivity index (χ4n) is 3.74. The van der Waals surface area contributed by atoms with Gasteiger partial charge in [-0.05, 0) is 39.5 Å². The third kappa shape index (κ3) is 4.22. The Morgan fingerprint density at radius 2 is 1.73 bits per heavy atom.